The van der Waals surface area contributed by atoms with Crippen LogP contribution < -0.4 is 4.74 Å². The molecule has 1 rings (SSSR count). The highest BCUT2D eigenvalue weighted by Gasteiger charge is 1.98. The molecule has 0 aliphatic heterocycles. The second kappa shape index (κ2) is 6.40. The molecule has 0 unspecified atom stereocenters. The van der Waals surface area contributed by atoms with Gasteiger partial charge in [-0.3, -0.25) is 0 Å². The zero-order valence-corrected chi connectivity index (χ0v) is 8.10. The lowest BCUT2D eigenvalue weighted by Gasteiger charge is -2.01. The van der Waals surface area contributed by atoms with E-state index in [9.17, 15) is 8.78 Å². The van der Waals surface area contributed by atoms with Crippen LogP contribution in [-0.4, -0.2) is 6.86 Å². The van der Waals surface area contributed by atoms with E-state index in [1.54, 1.807) is 6.92 Å². The first-order valence-corrected chi connectivity index (χ1v) is 4.19. The van der Waals surface area contributed by atoms with Crippen LogP contribution in [0, 0.1) is 12.7 Å². The van der Waals surface area contributed by atoms with Crippen LogP contribution in [0.15, 0.2) is 18.2 Å². The van der Waals surface area contributed by atoms with Crippen LogP contribution in [0.4, 0.5) is 8.78 Å². The van der Waals surface area contributed by atoms with E-state index in [-0.39, 0.29) is 5.82 Å². The molecule has 0 saturated heterocycles. The van der Waals surface area contributed by atoms with Gasteiger partial charge in [-0.1, -0.05) is 13.8 Å². The summed E-state index contributed by atoms with van der Waals surface area (Å²) in [5.41, 5.74) is 0.455. The van der Waals surface area contributed by atoms with E-state index in [2.05, 4.69) is 4.74 Å². The molecule has 3 heteroatoms. The zero-order valence-electron chi connectivity index (χ0n) is 8.10. The van der Waals surface area contributed by atoms with Crippen molar-refractivity contribution >= 4 is 0 Å². The summed E-state index contributed by atoms with van der Waals surface area (Å²) < 4.78 is 28.7. The second-order valence-electron chi connectivity index (χ2n) is 2.16. The van der Waals surface area contributed by atoms with Gasteiger partial charge in [0.1, 0.15) is 11.6 Å². The van der Waals surface area contributed by atoms with Crippen LogP contribution in [0.25, 0.3) is 0 Å². The van der Waals surface area contributed by atoms with Crippen molar-refractivity contribution in [2.45, 2.75) is 20.8 Å². The van der Waals surface area contributed by atoms with Crippen LogP contribution in [-0.2, 0) is 0 Å². The van der Waals surface area contributed by atoms with Gasteiger partial charge in [-0.25, -0.2) is 8.78 Å². The molecule has 0 N–H and O–H groups in total. The number of alkyl halides is 1. The van der Waals surface area contributed by atoms with Gasteiger partial charge in [-0.15, -0.1) is 0 Å². The van der Waals surface area contributed by atoms with Crippen LogP contribution in [0.3, 0.4) is 0 Å². The Hall–Kier alpha value is -1.12. The first-order chi connectivity index (χ1) is 6.24. The quantitative estimate of drug-likeness (QED) is 0.690. The van der Waals surface area contributed by atoms with Gasteiger partial charge in [0.25, 0.3) is 0 Å². The molecule has 0 radical (unpaired) electrons. The molecular formula is C10H14F2O. The van der Waals surface area contributed by atoms with E-state index < -0.39 is 6.86 Å². The Kier molecular flexibility index (Phi) is 5.85. The summed E-state index contributed by atoms with van der Waals surface area (Å²) in [6.45, 7) is 4.71. The summed E-state index contributed by atoms with van der Waals surface area (Å²) in [5, 5.41) is 0. The standard InChI is InChI=1S/C8H8F2O.C2H6/c1-6-4-7(11-5-9)2-3-8(6)10;1-2/h2-4H,5H2,1H3;1-2H3. The lowest BCUT2D eigenvalue weighted by atomic mass is 10.2. The average molecular weight is 188 g/mol. The van der Waals surface area contributed by atoms with Gasteiger partial charge in [0, 0.05) is 0 Å². The van der Waals surface area contributed by atoms with Gasteiger partial charge >= 0.3 is 0 Å². The normalized spacial score (nSPS) is 8.69. The Balaban J connectivity index is 0.000000671. The molecule has 1 aromatic rings. The first kappa shape index (κ1) is 11.9. The maximum atomic E-state index is 12.6. The lowest BCUT2D eigenvalue weighted by molar-refractivity contribution is 0.191. The largest absolute Gasteiger partial charge is 0.463 e. The molecule has 0 saturated carbocycles. The van der Waals surface area contributed by atoms with Crippen LogP contribution in [0.1, 0.15) is 19.4 Å². The summed E-state index contributed by atoms with van der Waals surface area (Å²) in [5.74, 6) is 0.0441. The fourth-order valence-corrected chi connectivity index (χ4v) is 0.770. The Morgan fingerprint density at radius 3 is 2.38 bits per heavy atom. The van der Waals surface area contributed by atoms with Crippen molar-refractivity contribution in [2.24, 2.45) is 0 Å². The number of hydrogen-bond acceptors (Lipinski definition) is 1. The molecule has 0 aliphatic carbocycles. The van der Waals surface area contributed by atoms with Gasteiger partial charge < -0.3 is 4.74 Å². The van der Waals surface area contributed by atoms with Gasteiger partial charge in [0.05, 0.1) is 0 Å². The lowest BCUT2D eigenvalue weighted by Crippen LogP contribution is -1.91. The van der Waals surface area contributed by atoms with Crippen molar-refractivity contribution in [3.8, 4) is 5.75 Å². The van der Waals surface area contributed by atoms with Gasteiger partial charge in [0.15, 0.2) is 0 Å². The zero-order chi connectivity index (χ0) is 10.3. The summed E-state index contributed by atoms with van der Waals surface area (Å²) >= 11 is 0. The SMILES string of the molecule is CC.Cc1cc(OCF)ccc1F. The third-order valence-electron chi connectivity index (χ3n) is 1.35. The van der Waals surface area contributed by atoms with E-state index in [0.29, 0.717) is 11.3 Å². The number of aryl methyl sites for hydroxylation is 1. The Morgan fingerprint density at radius 2 is 1.92 bits per heavy atom. The molecule has 0 fully saturated rings. The monoisotopic (exact) mass is 188 g/mol. The summed E-state index contributed by atoms with van der Waals surface area (Å²) in [6, 6.07) is 4.09. The van der Waals surface area contributed by atoms with Crippen molar-refractivity contribution in [1.29, 1.82) is 0 Å². The van der Waals surface area contributed by atoms with E-state index in [0.717, 1.165) is 0 Å². The molecule has 1 nitrogen and oxygen atoms in total. The minimum Gasteiger partial charge on any atom is -0.463 e. The molecule has 0 heterocycles. The molecule has 74 valence electrons. The first-order valence-electron chi connectivity index (χ1n) is 4.19. The number of ether oxygens (including phenoxy) is 1. The van der Waals surface area contributed by atoms with Crippen molar-refractivity contribution in [3.05, 3.63) is 29.6 Å². The second-order valence-corrected chi connectivity index (χ2v) is 2.16. The van der Waals surface area contributed by atoms with Crippen LogP contribution in [0.2, 0.25) is 0 Å². The fraction of sp³-hybridized carbons (Fsp3) is 0.400. The molecule has 0 spiro atoms. The molecule has 0 aromatic heterocycles. The van der Waals surface area contributed by atoms with Crippen LogP contribution in [0.5, 0.6) is 5.75 Å². The molecule has 0 aliphatic rings. The highest BCUT2D eigenvalue weighted by molar-refractivity contribution is 5.28. The topological polar surface area (TPSA) is 9.23 Å². The average Bonchev–Trinajstić information content (AvgIpc) is 2.15. The van der Waals surface area contributed by atoms with Crippen LogP contribution >= 0.6 is 0 Å². The molecule has 13 heavy (non-hydrogen) atoms. The number of rotatable bonds is 2. The minimum atomic E-state index is -0.884. The van der Waals surface area contributed by atoms with Crippen molar-refractivity contribution < 1.29 is 13.5 Å². The number of benzene rings is 1. The maximum Gasteiger partial charge on any atom is 0.228 e. The summed E-state index contributed by atoms with van der Waals surface area (Å²) in [4.78, 5) is 0. The smallest absolute Gasteiger partial charge is 0.228 e. The van der Waals surface area contributed by atoms with E-state index >= 15 is 0 Å². The number of halogens is 2. The molecule has 0 bridgehead atoms. The summed E-state index contributed by atoms with van der Waals surface area (Å²) in [6.07, 6.45) is 0. The van der Waals surface area contributed by atoms with Crippen molar-refractivity contribution in [1.82, 2.24) is 0 Å². The van der Waals surface area contributed by atoms with E-state index in [1.165, 1.54) is 18.2 Å². The van der Waals surface area contributed by atoms with E-state index in [1.807, 2.05) is 13.8 Å². The third-order valence-corrected chi connectivity index (χ3v) is 1.35. The summed E-state index contributed by atoms with van der Waals surface area (Å²) in [7, 11) is 0. The van der Waals surface area contributed by atoms with E-state index in [4.69, 9.17) is 0 Å². The molecule has 0 atom stereocenters. The van der Waals surface area contributed by atoms with Crippen molar-refractivity contribution in [3.63, 3.8) is 0 Å². The molecule has 1 aromatic carbocycles. The fourth-order valence-electron chi connectivity index (χ4n) is 0.770. The van der Waals surface area contributed by atoms with Gasteiger partial charge in [-0.2, -0.15) is 0 Å². The number of hydrogen-bond donors (Lipinski definition) is 0. The van der Waals surface area contributed by atoms with Gasteiger partial charge in [-0.05, 0) is 30.7 Å². The Bertz CT molecular complexity index is 249. The van der Waals surface area contributed by atoms with Gasteiger partial charge in [0.2, 0.25) is 6.86 Å². The van der Waals surface area contributed by atoms with Crippen molar-refractivity contribution in [2.75, 3.05) is 6.86 Å². The maximum absolute atomic E-state index is 12.6. The highest BCUT2D eigenvalue weighted by atomic mass is 19.1. The Morgan fingerprint density at radius 1 is 1.31 bits per heavy atom. The third kappa shape index (κ3) is 3.87. The predicted octanol–water partition coefficient (Wildman–Crippen LogP) is 3.47. The Labute approximate surface area is 77.3 Å². The molecule has 0 amide bonds. The predicted molar refractivity (Wildman–Crippen MR) is 49.1 cm³/mol. The molecular weight excluding hydrogens is 174 g/mol. The highest BCUT2D eigenvalue weighted by Crippen LogP contribution is 2.15. The minimum absolute atomic E-state index is 0.309.